The van der Waals surface area contributed by atoms with Crippen molar-refractivity contribution in [3.8, 4) is 11.8 Å². The molecule has 0 rings (SSSR count). The van der Waals surface area contributed by atoms with Gasteiger partial charge in [0, 0.05) is 24.8 Å². The van der Waals surface area contributed by atoms with Crippen molar-refractivity contribution in [2.24, 2.45) is 5.92 Å². The molecule has 0 aromatic carbocycles. The van der Waals surface area contributed by atoms with Gasteiger partial charge in [-0.3, -0.25) is 4.79 Å². The first kappa shape index (κ1) is 11.3. The highest BCUT2D eigenvalue weighted by molar-refractivity contribution is 6.19. The molecule has 1 amide bonds. The van der Waals surface area contributed by atoms with Gasteiger partial charge >= 0.3 is 0 Å². The average Bonchev–Trinajstić information content (AvgIpc) is 2.10. The Kier molecular flexibility index (Phi) is 6.60. The van der Waals surface area contributed by atoms with Gasteiger partial charge in [-0.25, -0.2) is 0 Å². The van der Waals surface area contributed by atoms with Crippen LogP contribution in [0, 0.1) is 17.8 Å². The summed E-state index contributed by atoms with van der Waals surface area (Å²) in [5.74, 6) is 5.88. The molecule has 1 unspecified atom stereocenters. The topological polar surface area (TPSA) is 29.1 Å². The molecule has 0 radical (unpaired) electrons. The number of hydrogen-bond donors (Lipinski definition) is 1. The second-order valence-electron chi connectivity index (χ2n) is 2.52. The van der Waals surface area contributed by atoms with Crippen LogP contribution in [0.2, 0.25) is 0 Å². The Morgan fingerprint density at radius 2 is 2.33 bits per heavy atom. The number of halogens is 1. The summed E-state index contributed by atoms with van der Waals surface area (Å²) >= 11 is 5.50. The molecule has 2 nitrogen and oxygen atoms in total. The molecule has 1 atom stereocenters. The molecule has 3 heteroatoms. The zero-order valence-corrected chi connectivity index (χ0v) is 8.24. The molecule has 68 valence electrons. The van der Waals surface area contributed by atoms with Crippen LogP contribution in [0.1, 0.15) is 20.3 Å². The average molecular weight is 188 g/mol. The molecule has 0 heterocycles. The van der Waals surface area contributed by atoms with Crippen LogP contribution >= 0.6 is 11.6 Å². The molecule has 0 spiro atoms. The predicted octanol–water partition coefficient (Wildman–Crippen LogP) is 1.39. The van der Waals surface area contributed by atoms with Crippen molar-refractivity contribution in [3.05, 3.63) is 0 Å². The largest absolute Gasteiger partial charge is 0.355 e. The molecule has 1 N–H and O–H groups in total. The molecule has 0 fully saturated rings. The van der Waals surface area contributed by atoms with Gasteiger partial charge in [0.1, 0.15) is 0 Å². The van der Waals surface area contributed by atoms with Crippen molar-refractivity contribution < 1.29 is 4.79 Å². The summed E-state index contributed by atoms with van der Waals surface area (Å²) in [6.45, 7) is 4.19. The van der Waals surface area contributed by atoms with Crippen LogP contribution in [0.25, 0.3) is 0 Å². The van der Waals surface area contributed by atoms with Crippen molar-refractivity contribution in [1.29, 1.82) is 0 Å². The lowest BCUT2D eigenvalue weighted by atomic mass is 10.2. The van der Waals surface area contributed by atoms with E-state index in [0.29, 0.717) is 18.8 Å². The third-order valence-electron chi connectivity index (χ3n) is 1.41. The number of alkyl halides is 1. The Balaban J connectivity index is 3.48. The van der Waals surface area contributed by atoms with E-state index in [-0.39, 0.29) is 11.8 Å². The van der Waals surface area contributed by atoms with Gasteiger partial charge in [0.2, 0.25) is 5.91 Å². The first-order chi connectivity index (χ1) is 5.72. The molecule has 0 saturated carbocycles. The summed E-state index contributed by atoms with van der Waals surface area (Å²) < 4.78 is 0. The van der Waals surface area contributed by atoms with E-state index in [1.807, 2.05) is 0 Å². The van der Waals surface area contributed by atoms with Crippen LogP contribution in [0.4, 0.5) is 0 Å². The van der Waals surface area contributed by atoms with E-state index in [1.54, 1.807) is 13.8 Å². The molecule has 0 aromatic rings. The minimum atomic E-state index is -0.110. The van der Waals surface area contributed by atoms with E-state index < -0.39 is 0 Å². The summed E-state index contributed by atoms with van der Waals surface area (Å²) in [4.78, 5) is 11.1. The quantitative estimate of drug-likeness (QED) is 0.402. The van der Waals surface area contributed by atoms with E-state index in [9.17, 15) is 4.79 Å². The number of carbonyl (C=O) groups is 1. The molecule has 0 bridgehead atoms. The smallest absolute Gasteiger partial charge is 0.224 e. The summed E-state index contributed by atoms with van der Waals surface area (Å²) in [6.07, 6.45) is 0.706. The van der Waals surface area contributed by atoms with Crippen molar-refractivity contribution in [2.75, 3.05) is 12.4 Å². The minimum Gasteiger partial charge on any atom is -0.355 e. The Bertz CT molecular complexity index is 192. The van der Waals surface area contributed by atoms with Gasteiger partial charge in [-0.15, -0.1) is 23.4 Å². The SMILES string of the molecule is CC#CCCNC(=O)C(C)CCl. The Morgan fingerprint density at radius 3 is 2.83 bits per heavy atom. The lowest BCUT2D eigenvalue weighted by molar-refractivity contribution is -0.123. The zero-order chi connectivity index (χ0) is 9.40. The summed E-state index contributed by atoms with van der Waals surface area (Å²) in [7, 11) is 0. The number of hydrogen-bond acceptors (Lipinski definition) is 1. The third-order valence-corrected chi connectivity index (χ3v) is 1.87. The summed E-state index contributed by atoms with van der Waals surface area (Å²) in [6, 6.07) is 0. The fraction of sp³-hybridized carbons (Fsp3) is 0.667. The number of amides is 1. The molecular formula is C9H14ClNO. The zero-order valence-electron chi connectivity index (χ0n) is 7.48. The standard InChI is InChI=1S/C9H14ClNO/c1-3-4-5-6-11-9(12)8(2)7-10/h8H,5-7H2,1-2H3,(H,11,12). The maximum absolute atomic E-state index is 11.1. The van der Waals surface area contributed by atoms with Gasteiger partial charge in [0.15, 0.2) is 0 Å². The summed E-state index contributed by atoms with van der Waals surface area (Å²) in [5.41, 5.74) is 0. The molecule has 12 heavy (non-hydrogen) atoms. The normalized spacial score (nSPS) is 11.2. The van der Waals surface area contributed by atoms with E-state index in [4.69, 9.17) is 11.6 Å². The van der Waals surface area contributed by atoms with Crippen LogP contribution in [-0.2, 0) is 4.79 Å². The van der Waals surface area contributed by atoms with Gasteiger partial charge in [-0.05, 0) is 6.92 Å². The van der Waals surface area contributed by atoms with E-state index in [0.717, 1.165) is 0 Å². The van der Waals surface area contributed by atoms with E-state index in [1.165, 1.54) is 0 Å². The van der Waals surface area contributed by atoms with Crippen LogP contribution < -0.4 is 5.32 Å². The van der Waals surface area contributed by atoms with Gasteiger partial charge in [0.25, 0.3) is 0 Å². The predicted molar refractivity (Wildman–Crippen MR) is 51.0 cm³/mol. The number of carbonyl (C=O) groups excluding carboxylic acids is 1. The number of nitrogens with one attached hydrogen (secondary N) is 1. The van der Waals surface area contributed by atoms with E-state index in [2.05, 4.69) is 17.2 Å². The molecule has 0 aliphatic heterocycles. The molecular weight excluding hydrogens is 174 g/mol. The Hall–Kier alpha value is -0.680. The van der Waals surface area contributed by atoms with E-state index >= 15 is 0 Å². The fourth-order valence-corrected chi connectivity index (χ4v) is 0.758. The molecule has 0 aromatic heterocycles. The van der Waals surface area contributed by atoms with Crippen molar-refractivity contribution in [3.63, 3.8) is 0 Å². The van der Waals surface area contributed by atoms with Gasteiger partial charge < -0.3 is 5.32 Å². The van der Waals surface area contributed by atoms with Crippen LogP contribution in [0.15, 0.2) is 0 Å². The first-order valence-corrected chi connectivity index (χ1v) is 4.49. The Morgan fingerprint density at radius 1 is 1.67 bits per heavy atom. The first-order valence-electron chi connectivity index (χ1n) is 3.95. The van der Waals surface area contributed by atoms with Crippen LogP contribution in [0.3, 0.4) is 0 Å². The fourth-order valence-electron chi connectivity index (χ4n) is 0.618. The number of rotatable bonds is 4. The monoisotopic (exact) mass is 187 g/mol. The second-order valence-corrected chi connectivity index (χ2v) is 2.83. The Labute approximate surface area is 78.7 Å². The molecule has 0 aliphatic rings. The second kappa shape index (κ2) is 7.00. The summed E-state index contributed by atoms with van der Waals surface area (Å²) in [5, 5.41) is 2.74. The van der Waals surface area contributed by atoms with Gasteiger partial charge in [-0.1, -0.05) is 6.92 Å². The maximum atomic E-state index is 11.1. The van der Waals surface area contributed by atoms with Crippen molar-refractivity contribution in [1.82, 2.24) is 5.32 Å². The minimum absolute atomic E-state index is 0.00269. The van der Waals surface area contributed by atoms with Crippen LogP contribution in [-0.4, -0.2) is 18.3 Å². The molecule has 0 saturated heterocycles. The third kappa shape index (κ3) is 5.03. The highest BCUT2D eigenvalue weighted by atomic mass is 35.5. The lowest BCUT2D eigenvalue weighted by Crippen LogP contribution is -2.30. The van der Waals surface area contributed by atoms with Crippen molar-refractivity contribution >= 4 is 17.5 Å². The van der Waals surface area contributed by atoms with Gasteiger partial charge in [0.05, 0.1) is 0 Å². The van der Waals surface area contributed by atoms with Crippen LogP contribution in [0.5, 0.6) is 0 Å². The molecule has 0 aliphatic carbocycles. The van der Waals surface area contributed by atoms with Gasteiger partial charge in [-0.2, -0.15) is 0 Å². The van der Waals surface area contributed by atoms with Crippen molar-refractivity contribution in [2.45, 2.75) is 20.3 Å². The highest BCUT2D eigenvalue weighted by Crippen LogP contribution is 1.96. The lowest BCUT2D eigenvalue weighted by Gasteiger charge is -2.06. The highest BCUT2D eigenvalue weighted by Gasteiger charge is 2.09. The maximum Gasteiger partial charge on any atom is 0.224 e.